The lowest BCUT2D eigenvalue weighted by molar-refractivity contribution is -0.384. The Hall–Kier alpha value is -3.01. The number of fused-ring (bicyclic) bond motifs is 5. The fraction of sp³-hybridized carbons (Fsp3) is 0.417. The fourth-order valence-corrected chi connectivity index (χ4v) is 6.04. The van der Waals surface area contributed by atoms with E-state index in [1.54, 1.807) is 24.3 Å². The van der Waals surface area contributed by atoms with Crippen LogP contribution in [0, 0.1) is 10.1 Å². The van der Waals surface area contributed by atoms with Crippen LogP contribution in [-0.2, 0) is 4.74 Å². The highest BCUT2D eigenvalue weighted by Crippen LogP contribution is 2.47. The van der Waals surface area contributed by atoms with Crippen LogP contribution >= 0.6 is 11.6 Å². The maximum absolute atomic E-state index is 11.2. The second-order valence-electron chi connectivity index (χ2n) is 9.03. The zero-order valence-corrected chi connectivity index (χ0v) is 19.4. The van der Waals surface area contributed by atoms with Gasteiger partial charge in [0.15, 0.2) is 11.0 Å². The summed E-state index contributed by atoms with van der Waals surface area (Å²) in [5.74, 6) is 0.753. The van der Waals surface area contributed by atoms with Gasteiger partial charge in [0, 0.05) is 36.3 Å². The van der Waals surface area contributed by atoms with E-state index in [1.165, 1.54) is 0 Å². The quantitative estimate of drug-likeness (QED) is 0.488. The van der Waals surface area contributed by atoms with Crippen LogP contribution in [0.2, 0.25) is 0 Å². The molecule has 0 spiro atoms. The monoisotopic (exact) mass is 480 g/mol. The lowest BCUT2D eigenvalue weighted by Crippen LogP contribution is -2.75. The Bertz CT molecular complexity index is 1180. The molecule has 2 aromatic rings. The number of nitro benzene ring substituents is 1. The maximum Gasteiger partial charge on any atom is 0.269 e. The molecule has 0 radical (unpaired) electrons. The molecular weight excluding hydrogens is 456 g/mol. The second-order valence-corrected chi connectivity index (χ2v) is 9.39. The molecule has 2 aromatic carbocycles. The van der Waals surface area contributed by atoms with E-state index < -0.39 is 5.66 Å². The van der Waals surface area contributed by atoms with Crippen molar-refractivity contribution in [3.05, 3.63) is 69.8 Å². The van der Waals surface area contributed by atoms with Crippen molar-refractivity contribution in [3.8, 4) is 0 Å². The number of halogens is 1. The van der Waals surface area contributed by atoms with Gasteiger partial charge in [0.2, 0.25) is 0 Å². The number of amidine groups is 1. The molecule has 34 heavy (non-hydrogen) atoms. The molecule has 10 heteroatoms. The van der Waals surface area contributed by atoms with E-state index in [0.29, 0.717) is 18.4 Å². The van der Waals surface area contributed by atoms with E-state index in [9.17, 15) is 10.1 Å². The van der Waals surface area contributed by atoms with Crippen LogP contribution in [0.5, 0.6) is 0 Å². The average molecular weight is 481 g/mol. The van der Waals surface area contributed by atoms with Gasteiger partial charge >= 0.3 is 0 Å². The van der Waals surface area contributed by atoms with Crippen LogP contribution in [0.1, 0.15) is 36.8 Å². The van der Waals surface area contributed by atoms with Gasteiger partial charge in [-0.25, -0.2) is 5.01 Å². The highest BCUT2D eigenvalue weighted by molar-refractivity contribution is 6.70. The number of nitrogens with zero attached hydrogens (tertiary/aromatic N) is 6. The van der Waals surface area contributed by atoms with Gasteiger partial charge in [-0.1, -0.05) is 42.3 Å². The molecule has 176 valence electrons. The first-order valence-electron chi connectivity index (χ1n) is 11.7. The summed E-state index contributed by atoms with van der Waals surface area (Å²) in [6, 6.07) is 14.6. The van der Waals surface area contributed by atoms with Crippen molar-refractivity contribution in [3.63, 3.8) is 0 Å². The molecule has 1 saturated heterocycles. The third kappa shape index (κ3) is 3.22. The average Bonchev–Trinajstić information content (AvgIpc) is 2.89. The van der Waals surface area contributed by atoms with E-state index in [1.807, 2.05) is 24.3 Å². The van der Waals surface area contributed by atoms with Crippen molar-refractivity contribution in [2.24, 2.45) is 10.2 Å². The molecular formula is C24H25ClN6O3. The molecule has 0 N–H and O–H groups in total. The third-order valence-electron chi connectivity index (χ3n) is 7.33. The Balaban J connectivity index is 1.56. The van der Waals surface area contributed by atoms with Crippen molar-refractivity contribution in [2.45, 2.75) is 37.4 Å². The van der Waals surface area contributed by atoms with Crippen LogP contribution in [0.15, 0.2) is 58.7 Å². The molecule has 6 rings (SSSR count). The van der Waals surface area contributed by atoms with Gasteiger partial charge in [-0.2, -0.15) is 10.2 Å². The Labute approximate surface area is 202 Å². The normalized spacial score (nSPS) is 26.7. The summed E-state index contributed by atoms with van der Waals surface area (Å²) in [4.78, 5) is 13.3. The number of nitro groups is 1. The Morgan fingerprint density at radius 1 is 1.03 bits per heavy atom. The summed E-state index contributed by atoms with van der Waals surface area (Å²) in [6.45, 7) is 2.92. The molecule has 0 amide bonds. The van der Waals surface area contributed by atoms with Gasteiger partial charge in [-0.15, -0.1) is 0 Å². The van der Waals surface area contributed by atoms with Crippen molar-refractivity contribution in [2.75, 3.05) is 31.3 Å². The molecule has 3 heterocycles. The zero-order chi connectivity index (χ0) is 23.3. The highest BCUT2D eigenvalue weighted by Gasteiger charge is 2.58. The van der Waals surface area contributed by atoms with Crippen LogP contribution in [-0.4, -0.2) is 63.8 Å². The number of ether oxygens (including phenoxy) is 1. The predicted octanol–water partition coefficient (Wildman–Crippen LogP) is 3.96. The Kier molecular flexibility index (Phi) is 5.28. The second kappa shape index (κ2) is 8.33. The predicted molar refractivity (Wildman–Crippen MR) is 130 cm³/mol. The lowest BCUT2D eigenvalue weighted by Gasteiger charge is -2.60. The molecule has 0 unspecified atom stereocenters. The third-order valence-corrected chi connectivity index (χ3v) is 7.61. The smallest absolute Gasteiger partial charge is 0.269 e. The molecule has 4 aliphatic rings. The molecule has 2 fully saturated rings. The standard InChI is InChI=1S/C24H25ClN6O3/c25-22-19-5-1-2-6-20(19)23-27-29(17-8-10-18(11-9-17)31(32)33)21-7-3-4-12-24(21,30(23)26-22)28-13-15-34-16-14-28/h1-2,5-6,8-11,21H,3-4,7,12-16H2/t21-,24+/m1/s1. The summed E-state index contributed by atoms with van der Waals surface area (Å²) in [7, 11) is 0. The van der Waals surface area contributed by atoms with Crippen molar-refractivity contribution in [1.82, 2.24) is 9.91 Å². The van der Waals surface area contributed by atoms with Gasteiger partial charge in [0.25, 0.3) is 5.69 Å². The first-order chi connectivity index (χ1) is 16.6. The molecule has 1 saturated carbocycles. The van der Waals surface area contributed by atoms with Crippen LogP contribution in [0.4, 0.5) is 11.4 Å². The van der Waals surface area contributed by atoms with Gasteiger partial charge in [-0.05, 0) is 31.4 Å². The summed E-state index contributed by atoms with van der Waals surface area (Å²) >= 11 is 6.73. The topological polar surface area (TPSA) is 86.8 Å². The number of morpholine rings is 1. The molecule has 2 atom stereocenters. The number of non-ortho nitro benzene ring substituents is 1. The van der Waals surface area contributed by atoms with E-state index in [2.05, 4.69) is 14.9 Å². The minimum atomic E-state index is -0.450. The lowest BCUT2D eigenvalue weighted by atomic mass is 9.79. The first kappa shape index (κ1) is 21.5. The summed E-state index contributed by atoms with van der Waals surface area (Å²) in [5.41, 5.74) is 2.24. The summed E-state index contributed by atoms with van der Waals surface area (Å²) in [6.07, 6.45) is 3.99. The summed E-state index contributed by atoms with van der Waals surface area (Å²) < 4.78 is 5.70. The molecule has 0 bridgehead atoms. The summed E-state index contributed by atoms with van der Waals surface area (Å²) in [5, 5.41) is 25.9. The fourth-order valence-electron chi connectivity index (χ4n) is 5.80. The van der Waals surface area contributed by atoms with E-state index in [4.69, 9.17) is 26.5 Å². The highest BCUT2D eigenvalue weighted by atomic mass is 35.5. The van der Waals surface area contributed by atoms with Crippen molar-refractivity contribution in [1.29, 1.82) is 0 Å². The van der Waals surface area contributed by atoms with Gasteiger partial charge < -0.3 is 4.74 Å². The van der Waals surface area contributed by atoms with E-state index in [0.717, 1.165) is 61.4 Å². The van der Waals surface area contributed by atoms with E-state index >= 15 is 0 Å². The number of hydrogen-bond acceptors (Lipinski definition) is 8. The van der Waals surface area contributed by atoms with Crippen LogP contribution < -0.4 is 5.01 Å². The minimum absolute atomic E-state index is 0.00281. The Morgan fingerprint density at radius 2 is 1.76 bits per heavy atom. The SMILES string of the molecule is O=[N+]([O-])c1ccc(N2N=C3c4ccccc4C(Cl)=NN3[C@@]3(N4CCOCC4)CCCC[C@@H]23)cc1. The largest absolute Gasteiger partial charge is 0.379 e. The van der Waals surface area contributed by atoms with Crippen LogP contribution in [0.3, 0.4) is 0 Å². The molecule has 1 aliphatic carbocycles. The molecule has 3 aliphatic heterocycles. The van der Waals surface area contributed by atoms with Crippen LogP contribution in [0.25, 0.3) is 0 Å². The Morgan fingerprint density at radius 3 is 2.50 bits per heavy atom. The number of anilines is 1. The van der Waals surface area contributed by atoms with Gasteiger partial charge in [-0.3, -0.25) is 20.0 Å². The first-order valence-corrected chi connectivity index (χ1v) is 12.1. The number of rotatable bonds is 3. The molecule has 0 aromatic heterocycles. The maximum atomic E-state index is 11.2. The zero-order valence-electron chi connectivity index (χ0n) is 18.6. The van der Waals surface area contributed by atoms with Gasteiger partial charge in [0.1, 0.15) is 5.66 Å². The minimum Gasteiger partial charge on any atom is -0.379 e. The van der Waals surface area contributed by atoms with E-state index in [-0.39, 0.29) is 16.7 Å². The van der Waals surface area contributed by atoms with Crippen molar-refractivity contribution >= 4 is 34.0 Å². The number of hydrogen-bond donors (Lipinski definition) is 0. The number of benzene rings is 2. The number of hydrazone groups is 2. The van der Waals surface area contributed by atoms with Crippen molar-refractivity contribution < 1.29 is 9.66 Å². The molecule has 9 nitrogen and oxygen atoms in total. The van der Waals surface area contributed by atoms with Gasteiger partial charge in [0.05, 0.1) is 29.9 Å².